The van der Waals surface area contributed by atoms with Crippen molar-refractivity contribution in [1.29, 1.82) is 0 Å². The second kappa shape index (κ2) is 4.17. The van der Waals surface area contributed by atoms with E-state index in [4.69, 9.17) is 28.3 Å². The van der Waals surface area contributed by atoms with Gasteiger partial charge in [0.1, 0.15) is 0 Å². The highest BCUT2D eigenvalue weighted by atomic mass is 35.5. The first kappa shape index (κ1) is 11.3. The summed E-state index contributed by atoms with van der Waals surface area (Å²) in [6.07, 6.45) is -1.64. The van der Waals surface area contributed by atoms with Crippen LogP contribution in [0.25, 0.3) is 0 Å². The zero-order valence-electron chi connectivity index (χ0n) is 7.29. The smallest absolute Gasteiger partial charge is 0.337 e. The molecule has 0 radical (unpaired) electrons. The Kier molecular flexibility index (Phi) is 3.37. The van der Waals surface area contributed by atoms with Gasteiger partial charge in [-0.3, -0.25) is 0 Å². The van der Waals surface area contributed by atoms with Crippen molar-refractivity contribution in [2.45, 2.75) is 13.0 Å². The zero-order chi connectivity index (χ0) is 10.9. The van der Waals surface area contributed by atoms with Crippen LogP contribution in [0.4, 0.5) is 0 Å². The Bertz CT molecular complexity index is 377. The van der Waals surface area contributed by atoms with Crippen molar-refractivity contribution < 1.29 is 15.0 Å². The van der Waals surface area contributed by atoms with Crippen molar-refractivity contribution in [3.8, 4) is 0 Å². The summed E-state index contributed by atoms with van der Waals surface area (Å²) in [7, 11) is 0. The number of rotatable bonds is 2. The van der Waals surface area contributed by atoms with Gasteiger partial charge >= 0.3 is 5.97 Å². The molecule has 2 N–H and O–H groups in total. The van der Waals surface area contributed by atoms with E-state index in [9.17, 15) is 9.90 Å². The van der Waals surface area contributed by atoms with Gasteiger partial charge < -0.3 is 10.2 Å². The zero-order valence-corrected chi connectivity index (χ0v) is 8.80. The maximum absolute atomic E-state index is 10.6. The molecule has 0 fully saturated rings. The average Bonchev–Trinajstić information content (AvgIpc) is 2.12. The fraction of sp³-hybridized carbons (Fsp3) is 0.222. The van der Waals surface area contributed by atoms with Gasteiger partial charge in [-0.25, -0.2) is 4.79 Å². The molecule has 0 saturated carbocycles. The highest BCUT2D eigenvalue weighted by Gasteiger charge is 2.22. The van der Waals surface area contributed by atoms with Crippen molar-refractivity contribution in [1.82, 2.24) is 0 Å². The van der Waals surface area contributed by atoms with Gasteiger partial charge in [-0.05, 0) is 24.6 Å². The summed E-state index contributed by atoms with van der Waals surface area (Å²) in [5.74, 6) is -1.35. The van der Waals surface area contributed by atoms with E-state index in [0.717, 1.165) is 0 Å². The Hall–Kier alpha value is -0.770. The Balaban J connectivity index is 3.32. The molecule has 0 aliphatic heterocycles. The molecule has 14 heavy (non-hydrogen) atoms. The number of aliphatic hydroxyl groups is 1. The van der Waals surface area contributed by atoms with Crippen LogP contribution >= 0.6 is 23.2 Å². The molecule has 1 aromatic carbocycles. The van der Waals surface area contributed by atoms with Gasteiger partial charge in [0.2, 0.25) is 0 Å². The molecule has 76 valence electrons. The second-order valence-electron chi connectivity index (χ2n) is 2.81. The topological polar surface area (TPSA) is 57.5 Å². The van der Waals surface area contributed by atoms with E-state index in [2.05, 4.69) is 0 Å². The number of hydrogen-bond acceptors (Lipinski definition) is 2. The number of carboxylic acids is 1. The fourth-order valence-corrected chi connectivity index (χ4v) is 1.60. The van der Waals surface area contributed by atoms with Crippen molar-refractivity contribution in [3.05, 3.63) is 33.3 Å². The summed E-state index contributed by atoms with van der Waals surface area (Å²) in [6, 6.07) is 3.01. The van der Waals surface area contributed by atoms with Crippen LogP contribution in [-0.2, 0) is 4.79 Å². The minimum atomic E-state index is -1.64. The van der Waals surface area contributed by atoms with Gasteiger partial charge in [0, 0.05) is 15.6 Å². The Morgan fingerprint density at radius 2 is 1.86 bits per heavy atom. The van der Waals surface area contributed by atoms with E-state index in [1.54, 1.807) is 13.0 Å². The molecule has 1 rings (SSSR count). The minimum Gasteiger partial charge on any atom is -0.479 e. The number of aliphatic hydroxyl groups excluding tert-OH is 1. The molecule has 1 aromatic rings. The van der Waals surface area contributed by atoms with Crippen LogP contribution in [-0.4, -0.2) is 16.2 Å². The first-order valence-electron chi connectivity index (χ1n) is 3.80. The highest BCUT2D eigenvalue weighted by Crippen LogP contribution is 2.31. The number of carboxylic acid groups (broad SMARTS) is 1. The maximum Gasteiger partial charge on any atom is 0.337 e. The quantitative estimate of drug-likeness (QED) is 0.827. The lowest BCUT2D eigenvalue weighted by Gasteiger charge is -2.12. The Morgan fingerprint density at radius 3 is 2.36 bits per heavy atom. The number of benzene rings is 1. The van der Waals surface area contributed by atoms with Gasteiger partial charge in [0.15, 0.2) is 6.10 Å². The summed E-state index contributed by atoms with van der Waals surface area (Å²) >= 11 is 11.5. The molecular weight excluding hydrogens is 227 g/mol. The molecule has 0 amide bonds. The van der Waals surface area contributed by atoms with Crippen LogP contribution in [0.5, 0.6) is 0 Å². The molecule has 0 spiro atoms. The molecule has 0 aliphatic carbocycles. The molecule has 0 heterocycles. The first-order chi connectivity index (χ1) is 6.45. The highest BCUT2D eigenvalue weighted by molar-refractivity contribution is 6.34. The average molecular weight is 235 g/mol. The number of carbonyl (C=O) groups is 1. The molecular formula is C9H8Cl2O3. The molecule has 0 aromatic heterocycles. The van der Waals surface area contributed by atoms with Crippen molar-refractivity contribution in [2.24, 2.45) is 0 Å². The van der Waals surface area contributed by atoms with Crippen LogP contribution in [0.15, 0.2) is 12.1 Å². The lowest BCUT2D eigenvalue weighted by Crippen LogP contribution is -2.12. The van der Waals surface area contributed by atoms with Crippen LogP contribution < -0.4 is 0 Å². The summed E-state index contributed by atoms with van der Waals surface area (Å²) in [4.78, 5) is 10.6. The normalized spacial score (nSPS) is 12.6. The van der Waals surface area contributed by atoms with Crippen LogP contribution in [0.3, 0.4) is 0 Å². The van der Waals surface area contributed by atoms with Crippen LogP contribution in [0, 0.1) is 6.92 Å². The SMILES string of the molecule is Cc1c(Cl)ccc(Cl)c1[C@@H](O)C(=O)O. The molecule has 0 unspecified atom stereocenters. The number of hydrogen-bond donors (Lipinski definition) is 2. The molecule has 5 heteroatoms. The van der Waals surface area contributed by atoms with Crippen molar-refractivity contribution in [2.75, 3.05) is 0 Å². The van der Waals surface area contributed by atoms with Gasteiger partial charge in [-0.2, -0.15) is 0 Å². The Labute approximate surface area is 90.9 Å². The van der Waals surface area contributed by atoms with E-state index in [-0.39, 0.29) is 10.6 Å². The van der Waals surface area contributed by atoms with Gasteiger partial charge in [-0.15, -0.1) is 0 Å². The summed E-state index contributed by atoms with van der Waals surface area (Å²) in [6.45, 7) is 1.61. The van der Waals surface area contributed by atoms with Gasteiger partial charge in [0.05, 0.1) is 0 Å². The van der Waals surface area contributed by atoms with E-state index < -0.39 is 12.1 Å². The van der Waals surface area contributed by atoms with E-state index in [0.29, 0.717) is 10.6 Å². The van der Waals surface area contributed by atoms with E-state index in [1.807, 2.05) is 0 Å². The van der Waals surface area contributed by atoms with Crippen LogP contribution in [0.2, 0.25) is 10.0 Å². The standard InChI is InChI=1S/C9H8Cl2O3/c1-4-5(10)2-3-6(11)7(4)8(12)9(13)14/h2-3,8,12H,1H3,(H,13,14)/t8-/m1/s1. The monoisotopic (exact) mass is 234 g/mol. The van der Waals surface area contributed by atoms with E-state index >= 15 is 0 Å². The van der Waals surface area contributed by atoms with Crippen molar-refractivity contribution in [3.63, 3.8) is 0 Å². The lowest BCUT2D eigenvalue weighted by molar-refractivity contribution is -0.147. The number of aliphatic carboxylic acids is 1. The van der Waals surface area contributed by atoms with E-state index in [1.165, 1.54) is 6.07 Å². The largest absolute Gasteiger partial charge is 0.479 e. The maximum atomic E-state index is 10.6. The minimum absolute atomic E-state index is 0.145. The number of halogens is 2. The fourth-order valence-electron chi connectivity index (χ4n) is 1.13. The van der Waals surface area contributed by atoms with Gasteiger partial charge in [-0.1, -0.05) is 23.2 Å². The summed E-state index contributed by atoms with van der Waals surface area (Å²) in [5, 5.41) is 18.5. The molecule has 0 bridgehead atoms. The molecule has 0 aliphatic rings. The molecule has 1 atom stereocenters. The predicted molar refractivity (Wildman–Crippen MR) is 53.8 cm³/mol. The molecule has 0 saturated heterocycles. The van der Waals surface area contributed by atoms with Gasteiger partial charge in [0.25, 0.3) is 0 Å². The summed E-state index contributed by atoms with van der Waals surface area (Å²) < 4.78 is 0. The Morgan fingerprint density at radius 1 is 1.36 bits per heavy atom. The predicted octanol–water partition coefficient (Wildman–Crippen LogP) is 2.42. The molecule has 3 nitrogen and oxygen atoms in total. The third-order valence-corrected chi connectivity index (χ3v) is 2.64. The van der Waals surface area contributed by atoms with Crippen LogP contribution in [0.1, 0.15) is 17.2 Å². The lowest BCUT2D eigenvalue weighted by atomic mass is 10.0. The third-order valence-electron chi connectivity index (χ3n) is 1.90. The van der Waals surface area contributed by atoms with Crippen molar-refractivity contribution >= 4 is 29.2 Å². The summed E-state index contributed by atoms with van der Waals surface area (Å²) in [5.41, 5.74) is 0.626. The first-order valence-corrected chi connectivity index (χ1v) is 4.56. The third kappa shape index (κ3) is 2.00. The second-order valence-corrected chi connectivity index (χ2v) is 3.62.